The highest BCUT2D eigenvalue weighted by Crippen LogP contribution is 2.38. The molecule has 3 atom stereocenters. The molecule has 0 spiro atoms. The maximum Gasteiger partial charge on any atom is 0.268 e. The third-order valence-corrected chi connectivity index (χ3v) is 14.7. The number of nitrogens with zero attached hydrogens (tertiary/aromatic N) is 1. The third-order valence-electron chi connectivity index (χ3n) is 13.7. The molecule has 0 aromatic rings. The smallest absolute Gasteiger partial charge is 0.268 e. The van der Waals surface area contributed by atoms with Crippen LogP contribution in [0, 0.1) is 0 Å². The maximum atomic E-state index is 13.0. The van der Waals surface area contributed by atoms with E-state index in [4.69, 9.17) is 9.05 Å². The van der Waals surface area contributed by atoms with Crippen LogP contribution >= 0.6 is 7.82 Å². The fraction of sp³-hybridized carbons (Fsp3) is 0.915. The first kappa shape index (κ1) is 67.0. The second-order valence-electron chi connectivity index (χ2n) is 21.7. The van der Waals surface area contributed by atoms with Crippen LogP contribution in [0.15, 0.2) is 24.3 Å². The summed E-state index contributed by atoms with van der Waals surface area (Å²) in [6.07, 6.45) is 63.5. The van der Waals surface area contributed by atoms with Gasteiger partial charge in [-0.05, 0) is 44.9 Å². The summed E-state index contributed by atoms with van der Waals surface area (Å²) in [6, 6.07) is -0.802. The quantitative estimate of drug-likeness (QED) is 0.0272. The van der Waals surface area contributed by atoms with Gasteiger partial charge in [0.2, 0.25) is 5.91 Å². The van der Waals surface area contributed by atoms with E-state index in [0.717, 1.165) is 44.9 Å². The molecule has 0 saturated heterocycles. The molecule has 1 amide bonds. The van der Waals surface area contributed by atoms with Crippen LogP contribution in [0.2, 0.25) is 0 Å². The fourth-order valence-electron chi connectivity index (χ4n) is 9.01. The Morgan fingerprint density at radius 3 is 1.22 bits per heavy atom. The van der Waals surface area contributed by atoms with Crippen LogP contribution < -0.4 is 10.2 Å². The van der Waals surface area contributed by atoms with Crippen molar-refractivity contribution in [1.82, 2.24) is 5.32 Å². The van der Waals surface area contributed by atoms with Gasteiger partial charge in [0.25, 0.3) is 7.82 Å². The minimum atomic E-state index is -4.57. The number of carbonyl (C=O) groups is 1. The van der Waals surface area contributed by atoms with E-state index >= 15 is 0 Å². The number of hydrogen-bond donors (Lipinski definition) is 2. The summed E-state index contributed by atoms with van der Waals surface area (Å²) in [5.74, 6) is -0.165. The number of allylic oxidation sites excluding steroid dienone is 4. The lowest BCUT2D eigenvalue weighted by atomic mass is 10.0. The molecule has 8 nitrogen and oxygen atoms in total. The van der Waals surface area contributed by atoms with Gasteiger partial charge >= 0.3 is 0 Å². The van der Waals surface area contributed by atoms with Crippen LogP contribution in [0.4, 0.5) is 0 Å². The van der Waals surface area contributed by atoms with E-state index < -0.39 is 20.0 Å². The number of phosphoric acid groups is 1. The zero-order valence-electron chi connectivity index (χ0n) is 46.1. The number of carbonyl (C=O) groups excluding carboxylic acids is 1. The highest BCUT2D eigenvalue weighted by molar-refractivity contribution is 7.45. The Balaban J connectivity index is 4.14. The van der Waals surface area contributed by atoms with Gasteiger partial charge < -0.3 is 28.8 Å². The Labute approximate surface area is 424 Å². The standard InChI is InChI=1S/C59H117N2O6P/c1-6-8-10-12-14-16-18-20-22-24-26-28-29-30-31-33-34-36-38-40-42-44-46-48-50-52-58(62)57(56-67-68(64,65)66-55-54-61(3,4)5)60-59(63)53-51-49-47-45-43-41-39-37-35-32-27-25-23-21-19-17-15-13-11-9-7-2/h19,21,25,27,57-58,62H,6-18,20,22-24,26,28-56H2,1-5H3,(H-,60,63,64,65)/b21-19-,27-25-. The van der Waals surface area contributed by atoms with Crippen LogP contribution in [0.1, 0.15) is 296 Å². The van der Waals surface area contributed by atoms with Gasteiger partial charge in [-0.25, -0.2) is 0 Å². The lowest BCUT2D eigenvalue weighted by Gasteiger charge is -2.30. The SMILES string of the molecule is CCCCCCC/C=C\C/C=C\CCCCCCCCCCCC(=O)NC(COP(=O)([O-])OCC[N+](C)(C)C)C(O)CCCCCCCCCCCCCCCCCCCCCCCCCCC. The minimum Gasteiger partial charge on any atom is -0.756 e. The molecule has 0 aromatic carbocycles. The molecule has 404 valence electrons. The molecular formula is C59H117N2O6P. The molecule has 0 heterocycles. The zero-order chi connectivity index (χ0) is 49.9. The van der Waals surface area contributed by atoms with Gasteiger partial charge in [-0.1, -0.05) is 269 Å². The summed E-state index contributed by atoms with van der Waals surface area (Å²) >= 11 is 0. The van der Waals surface area contributed by atoms with Crippen molar-refractivity contribution in [2.45, 2.75) is 309 Å². The third kappa shape index (κ3) is 52.8. The van der Waals surface area contributed by atoms with Crippen LogP contribution in [0.25, 0.3) is 0 Å². The number of rotatable bonds is 55. The van der Waals surface area contributed by atoms with Gasteiger partial charge in [0.15, 0.2) is 0 Å². The van der Waals surface area contributed by atoms with E-state index in [1.54, 1.807) is 0 Å². The number of amides is 1. The number of likely N-dealkylation sites (N-methyl/N-ethyl adjacent to an activating group) is 1. The van der Waals surface area contributed by atoms with E-state index in [-0.39, 0.29) is 19.1 Å². The van der Waals surface area contributed by atoms with E-state index in [2.05, 4.69) is 43.5 Å². The molecule has 68 heavy (non-hydrogen) atoms. The Kier molecular flexibility index (Phi) is 50.1. The van der Waals surface area contributed by atoms with E-state index in [9.17, 15) is 19.4 Å². The second kappa shape index (κ2) is 50.9. The first-order valence-electron chi connectivity index (χ1n) is 29.7. The Morgan fingerprint density at radius 1 is 0.515 bits per heavy atom. The van der Waals surface area contributed by atoms with Crippen LogP contribution in [-0.4, -0.2) is 68.5 Å². The van der Waals surface area contributed by atoms with Crippen molar-refractivity contribution in [3.8, 4) is 0 Å². The molecule has 3 unspecified atom stereocenters. The lowest BCUT2D eigenvalue weighted by Crippen LogP contribution is -2.46. The number of aliphatic hydroxyl groups is 1. The van der Waals surface area contributed by atoms with Crippen molar-refractivity contribution < 1.29 is 32.9 Å². The molecule has 2 N–H and O–H groups in total. The molecule has 0 aliphatic carbocycles. The first-order valence-corrected chi connectivity index (χ1v) is 31.1. The molecule has 0 rings (SSSR count). The van der Waals surface area contributed by atoms with Crippen molar-refractivity contribution >= 4 is 13.7 Å². The van der Waals surface area contributed by atoms with Crippen LogP contribution in [0.3, 0.4) is 0 Å². The Bertz CT molecular complexity index is 1160. The van der Waals surface area contributed by atoms with Gasteiger partial charge in [-0.15, -0.1) is 0 Å². The van der Waals surface area contributed by atoms with E-state index in [1.807, 2.05) is 21.1 Å². The van der Waals surface area contributed by atoms with Gasteiger partial charge in [0.05, 0.1) is 39.9 Å². The maximum absolute atomic E-state index is 13.0. The van der Waals surface area contributed by atoms with Crippen molar-refractivity contribution in [2.75, 3.05) is 40.9 Å². The summed E-state index contributed by atoms with van der Waals surface area (Å²) in [7, 11) is 1.31. The predicted octanol–water partition coefficient (Wildman–Crippen LogP) is 17.4. The predicted molar refractivity (Wildman–Crippen MR) is 293 cm³/mol. The second-order valence-corrected chi connectivity index (χ2v) is 23.1. The molecule has 0 aliphatic rings. The first-order chi connectivity index (χ1) is 33.0. The number of quaternary nitrogens is 1. The molecule has 0 saturated carbocycles. The molecule has 0 fully saturated rings. The largest absolute Gasteiger partial charge is 0.756 e. The van der Waals surface area contributed by atoms with Crippen LogP contribution in [0.5, 0.6) is 0 Å². The van der Waals surface area contributed by atoms with Crippen molar-refractivity contribution in [1.29, 1.82) is 0 Å². The van der Waals surface area contributed by atoms with E-state index in [1.165, 1.54) is 225 Å². The summed E-state index contributed by atoms with van der Waals surface area (Å²) in [5.41, 5.74) is 0. The summed E-state index contributed by atoms with van der Waals surface area (Å²) in [6.45, 7) is 4.75. The Morgan fingerprint density at radius 2 is 0.853 bits per heavy atom. The van der Waals surface area contributed by atoms with Crippen LogP contribution in [-0.2, 0) is 18.4 Å². The number of nitrogens with one attached hydrogen (secondary N) is 1. The normalized spacial score (nSPS) is 14.0. The number of hydrogen-bond acceptors (Lipinski definition) is 6. The number of aliphatic hydroxyl groups excluding tert-OH is 1. The van der Waals surface area contributed by atoms with Gasteiger partial charge in [0, 0.05) is 6.42 Å². The fourth-order valence-corrected chi connectivity index (χ4v) is 9.74. The van der Waals surface area contributed by atoms with Crippen molar-refractivity contribution in [3.63, 3.8) is 0 Å². The number of phosphoric ester groups is 1. The molecule has 0 aromatic heterocycles. The monoisotopic (exact) mass is 981 g/mol. The number of unbranched alkanes of at least 4 members (excludes halogenated alkanes) is 38. The highest BCUT2D eigenvalue weighted by Gasteiger charge is 2.24. The summed E-state index contributed by atoms with van der Waals surface area (Å²) in [4.78, 5) is 25.5. The average Bonchev–Trinajstić information content (AvgIpc) is 3.30. The molecule has 0 aliphatic heterocycles. The van der Waals surface area contributed by atoms with E-state index in [0.29, 0.717) is 23.9 Å². The molecule has 0 radical (unpaired) electrons. The lowest BCUT2D eigenvalue weighted by molar-refractivity contribution is -0.870. The molecular weight excluding hydrogens is 864 g/mol. The van der Waals surface area contributed by atoms with Gasteiger partial charge in [0.1, 0.15) is 13.2 Å². The minimum absolute atomic E-state index is 0.0126. The van der Waals surface area contributed by atoms with Crippen molar-refractivity contribution in [2.24, 2.45) is 0 Å². The average molecular weight is 982 g/mol. The zero-order valence-corrected chi connectivity index (χ0v) is 47.0. The molecule has 0 bridgehead atoms. The van der Waals surface area contributed by atoms with Gasteiger partial charge in [-0.2, -0.15) is 0 Å². The Hall–Kier alpha value is -1.02. The highest BCUT2D eigenvalue weighted by atomic mass is 31.2. The summed E-state index contributed by atoms with van der Waals surface area (Å²) in [5, 5.41) is 14.0. The summed E-state index contributed by atoms with van der Waals surface area (Å²) < 4.78 is 23.4. The van der Waals surface area contributed by atoms with Crippen molar-refractivity contribution in [3.05, 3.63) is 24.3 Å². The van der Waals surface area contributed by atoms with Gasteiger partial charge in [-0.3, -0.25) is 9.36 Å². The molecule has 9 heteroatoms. The topological polar surface area (TPSA) is 108 Å².